The highest BCUT2D eigenvalue weighted by Gasteiger charge is 2.58. The molecule has 1 aromatic rings. The summed E-state index contributed by atoms with van der Waals surface area (Å²) in [5.74, 6) is 1.77. The third-order valence-corrected chi connectivity index (χ3v) is 9.30. The van der Waals surface area contributed by atoms with Gasteiger partial charge in [0.05, 0.1) is 11.3 Å². The third-order valence-electron chi connectivity index (χ3n) is 9.30. The fourth-order valence-electron chi connectivity index (χ4n) is 7.50. The third kappa shape index (κ3) is 3.19. The van der Waals surface area contributed by atoms with Crippen LogP contribution in [0.25, 0.3) is 0 Å². The first kappa shape index (κ1) is 20.6. The van der Waals surface area contributed by atoms with E-state index in [-0.39, 0.29) is 28.7 Å². The minimum absolute atomic E-state index is 0.0640. The molecule has 4 aliphatic carbocycles. The summed E-state index contributed by atoms with van der Waals surface area (Å²) in [5, 5.41) is 22.6. The lowest BCUT2D eigenvalue weighted by Gasteiger charge is -2.57. The Morgan fingerprint density at radius 1 is 1.06 bits per heavy atom. The summed E-state index contributed by atoms with van der Waals surface area (Å²) < 4.78 is 5.86. The summed E-state index contributed by atoms with van der Waals surface area (Å²) >= 11 is 0. The molecule has 31 heavy (non-hydrogen) atoms. The molecule has 166 valence electrons. The van der Waals surface area contributed by atoms with Gasteiger partial charge in [0.2, 0.25) is 0 Å². The standard InChI is InChI=1S/C26H33NO4/c1-25-13-11-19(31-24(29)16-3-6-18(28)7-4-16)15-17(25)5-8-20-21-9-10-23(27-30)26(21,2)14-12-22(20)25/h3-7,19-22,28,30H,8-15H2,1-2H3/t19?,20-,21-,22+,25-,26-/m0/s1. The van der Waals surface area contributed by atoms with Crippen LogP contribution < -0.4 is 0 Å². The number of fused-ring (bicyclic) bond motifs is 5. The van der Waals surface area contributed by atoms with E-state index < -0.39 is 0 Å². The minimum Gasteiger partial charge on any atom is -0.508 e. The second kappa shape index (κ2) is 7.39. The van der Waals surface area contributed by atoms with E-state index in [4.69, 9.17) is 4.74 Å². The van der Waals surface area contributed by atoms with Crippen molar-refractivity contribution in [2.75, 3.05) is 0 Å². The van der Waals surface area contributed by atoms with E-state index in [1.165, 1.54) is 24.1 Å². The number of allylic oxidation sites excluding steroid dienone is 1. The van der Waals surface area contributed by atoms with Gasteiger partial charge in [-0.3, -0.25) is 0 Å². The molecule has 0 amide bonds. The fourth-order valence-corrected chi connectivity index (χ4v) is 7.50. The molecule has 0 heterocycles. The Morgan fingerprint density at radius 3 is 2.52 bits per heavy atom. The summed E-state index contributed by atoms with van der Waals surface area (Å²) in [7, 11) is 0. The zero-order chi connectivity index (χ0) is 21.8. The molecule has 0 spiro atoms. The van der Waals surface area contributed by atoms with Gasteiger partial charge < -0.3 is 15.1 Å². The second-order valence-electron chi connectivity index (χ2n) is 10.6. The Bertz CT molecular complexity index is 935. The van der Waals surface area contributed by atoms with E-state index in [1.54, 1.807) is 12.1 Å². The first-order valence-electron chi connectivity index (χ1n) is 11.8. The van der Waals surface area contributed by atoms with Gasteiger partial charge in [0.1, 0.15) is 11.9 Å². The number of ether oxygens (including phenoxy) is 1. The predicted molar refractivity (Wildman–Crippen MR) is 118 cm³/mol. The highest BCUT2D eigenvalue weighted by Crippen LogP contribution is 2.64. The van der Waals surface area contributed by atoms with Gasteiger partial charge in [0.15, 0.2) is 0 Å². The summed E-state index contributed by atoms with van der Waals surface area (Å²) in [6.07, 6.45) is 10.6. The number of hydrogen-bond donors (Lipinski definition) is 2. The van der Waals surface area contributed by atoms with Gasteiger partial charge in [-0.25, -0.2) is 4.79 Å². The van der Waals surface area contributed by atoms with Gasteiger partial charge >= 0.3 is 5.97 Å². The fraction of sp³-hybridized carbons (Fsp3) is 0.615. The lowest BCUT2D eigenvalue weighted by molar-refractivity contribution is -0.0287. The molecule has 5 heteroatoms. The molecule has 0 saturated heterocycles. The molecule has 6 atom stereocenters. The quantitative estimate of drug-likeness (QED) is 0.276. The van der Waals surface area contributed by atoms with Crippen LogP contribution in [0.2, 0.25) is 0 Å². The Morgan fingerprint density at radius 2 is 1.77 bits per heavy atom. The second-order valence-corrected chi connectivity index (χ2v) is 10.6. The van der Waals surface area contributed by atoms with Crippen LogP contribution in [0.3, 0.4) is 0 Å². The number of aromatic hydroxyl groups is 1. The summed E-state index contributed by atoms with van der Waals surface area (Å²) in [6, 6.07) is 6.26. The normalized spacial score (nSPS) is 40.5. The number of esters is 1. The highest BCUT2D eigenvalue weighted by molar-refractivity contribution is 5.92. The maximum absolute atomic E-state index is 12.6. The van der Waals surface area contributed by atoms with E-state index in [0.29, 0.717) is 23.3 Å². The number of nitrogens with zero attached hydrogens (tertiary/aromatic N) is 1. The van der Waals surface area contributed by atoms with Crippen molar-refractivity contribution in [2.45, 2.75) is 71.3 Å². The minimum atomic E-state index is -0.307. The van der Waals surface area contributed by atoms with Gasteiger partial charge in [0.25, 0.3) is 0 Å². The van der Waals surface area contributed by atoms with Gasteiger partial charge in [0, 0.05) is 11.8 Å². The lowest BCUT2D eigenvalue weighted by Crippen LogP contribution is -2.50. The van der Waals surface area contributed by atoms with Crippen LogP contribution in [0.5, 0.6) is 5.75 Å². The van der Waals surface area contributed by atoms with Crippen LogP contribution in [0.1, 0.15) is 75.6 Å². The molecule has 1 unspecified atom stereocenters. The van der Waals surface area contributed by atoms with Crippen LogP contribution >= 0.6 is 0 Å². The monoisotopic (exact) mass is 423 g/mol. The molecule has 5 nitrogen and oxygen atoms in total. The van der Waals surface area contributed by atoms with Crippen LogP contribution in [0.15, 0.2) is 41.1 Å². The van der Waals surface area contributed by atoms with Crippen molar-refractivity contribution in [3.63, 3.8) is 0 Å². The number of benzene rings is 1. The molecule has 5 rings (SSSR count). The Balaban J connectivity index is 1.32. The SMILES string of the molecule is C[C@]12CCC(OC(=O)c3ccc(O)cc3)CC1=CC[C@@H]1[C@H]2CC[C@]2(C)C(=NO)CC[C@@H]12. The summed E-state index contributed by atoms with van der Waals surface area (Å²) in [5.41, 5.74) is 3.22. The molecular formula is C26H33NO4. The van der Waals surface area contributed by atoms with Crippen LogP contribution in [-0.2, 0) is 4.74 Å². The molecule has 2 N–H and O–H groups in total. The van der Waals surface area contributed by atoms with Gasteiger partial charge in [-0.1, -0.05) is 30.7 Å². The molecule has 0 aliphatic heterocycles. The highest BCUT2D eigenvalue weighted by atomic mass is 16.5. The molecule has 1 aromatic carbocycles. The smallest absolute Gasteiger partial charge is 0.338 e. The Hall–Kier alpha value is -2.30. The Kier molecular flexibility index (Phi) is 4.91. The molecular weight excluding hydrogens is 390 g/mol. The first-order chi connectivity index (χ1) is 14.8. The maximum atomic E-state index is 12.6. The van der Waals surface area contributed by atoms with E-state index in [9.17, 15) is 15.1 Å². The number of phenolic OH excluding ortho intramolecular Hbond substituents is 1. The number of phenols is 1. The lowest BCUT2D eigenvalue weighted by atomic mass is 9.48. The molecule has 3 fully saturated rings. The number of hydrogen-bond acceptors (Lipinski definition) is 5. The van der Waals surface area contributed by atoms with Crippen molar-refractivity contribution < 1.29 is 19.8 Å². The number of rotatable bonds is 2. The zero-order valence-corrected chi connectivity index (χ0v) is 18.5. The molecule has 0 aromatic heterocycles. The largest absolute Gasteiger partial charge is 0.508 e. The summed E-state index contributed by atoms with van der Waals surface area (Å²) in [6.45, 7) is 4.75. The van der Waals surface area contributed by atoms with E-state index >= 15 is 0 Å². The van der Waals surface area contributed by atoms with Crippen molar-refractivity contribution >= 4 is 11.7 Å². The maximum Gasteiger partial charge on any atom is 0.338 e. The predicted octanol–water partition coefficient (Wildman–Crippen LogP) is 5.71. The average Bonchev–Trinajstić information content (AvgIpc) is 3.10. The van der Waals surface area contributed by atoms with Crippen LogP contribution in [0, 0.1) is 28.6 Å². The Labute approximate surface area is 184 Å². The van der Waals surface area contributed by atoms with Gasteiger partial charge in [-0.05, 0) is 92.4 Å². The van der Waals surface area contributed by atoms with Crippen molar-refractivity contribution in [2.24, 2.45) is 33.7 Å². The average molecular weight is 424 g/mol. The number of carbonyl (C=O) groups is 1. The van der Waals surface area contributed by atoms with Gasteiger partial charge in [-0.2, -0.15) is 0 Å². The van der Waals surface area contributed by atoms with Crippen LogP contribution in [-0.4, -0.2) is 28.1 Å². The zero-order valence-electron chi connectivity index (χ0n) is 18.5. The number of carbonyl (C=O) groups excluding carboxylic acids is 1. The van der Waals surface area contributed by atoms with Crippen molar-refractivity contribution in [1.82, 2.24) is 0 Å². The molecule has 0 bridgehead atoms. The van der Waals surface area contributed by atoms with Crippen molar-refractivity contribution in [3.8, 4) is 5.75 Å². The number of oxime groups is 1. The van der Waals surface area contributed by atoms with E-state index in [2.05, 4.69) is 25.1 Å². The van der Waals surface area contributed by atoms with E-state index in [0.717, 1.165) is 50.7 Å². The first-order valence-corrected chi connectivity index (χ1v) is 11.8. The van der Waals surface area contributed by atoms with Crippen LogP contribution in [0.4, 0.5) is 0 Å². The van der Waals surface area contributed by atoms with Gasteiger partial charge in [-0.15, -0.1) is 0 Å². The molecule has 0 radical (unpaired) electrons. The molecule has 3 saturated carbocycles. The topological polar surface area (TPSA) is 79.1 Å². The molecule has 4 aliphatic rings. The van der Waals surface area contributed by atoms with Crippen molar-refractivity contribution in [1.29, 1.82) is 0 Å². The summed E-state index contributed by atoms with van der Waals surface area (Å²) in [4.78, 5) is 12.6. The van der Waals surface area contributed by atoms with E-state index in [1.807, 2.05) is 0 Å². The van der Waals surface area contributed by atoms with Crippen molar-refractivity contribution in [3.05, 3.63) is 41.5 Å².